The quantitative estimate of drug-likeness (QED) is 0.799. The summed E-state index contributed by atoms with van der Waals surface area (Å²) in [6.45, 7) is 6.54. The van der Waals surface area contributed by atoms with Gasteiger partial charge < -0.3 is 10.1 Å². The molecule has 0 radical (unpaired) electrons. The summed E-state index contributed by atoms with van der Waals surface area (Å²) >= 11 is 0. The second-order valence-corrected chi connectivity index (χ2v) is 6.61. The third-order valence-corrected chi connectivity index (χ3v) is 4.66. The average Bonchev–Trinajstić information content (AvgIpc) is 2.76. The molecule has 19 heavy (non-hydrogen) atoms. The number of hydrogen-bond acceptors (Lipinski definition) is 3. The van der Waals surface area contributed by atoms with Crippen molar-refractivity contribution in [2.45, 2.75) is 70.9 Å². The molecule has 1 aliphatic heterocycles. The summed E-state index contributed by atoms with van der Waals surface area (Å²) in [4.78, 5) is 23.2. The molecule has 4 heteroatoms. The van der Waals surface area contributed by atoms with E-state index in [9.17, 15) is 9.59 Å². The first-order valence-electron chi connectivity index (χ1n) is 7.42. The van der Waals surface area contributed by atoms with E-state index < -0.39 is 6.04 Å². The van der Waals surface area contributed by atoms with Gasteiger partial charge in [0.25, 0.3) is 0 Å². The minimum atomic E-state index is -0.424. The molecule has 1 amide bonds. The summed E-state index contributed by atoms with van der Waals surface area (Å²) in [5, 5.41) is 2.67. The first-order chi connectivity index (χ1) is 8.89. The molecule has 1 heterocycles. The van der Waals surface area contributed by atoms with Crippen LogP contribution in [0.25, 0.3) is 0 Å². The van der Waals surface area contributed by atoms with Gasteiger partial charge in [-0.15, -0.1) is 0 Å². The van der Waals surface area contributed by atoms with Crippen molar-refractivity contribution < 1.29 is 14.3 Å². The Kier molecular flexibility index (Phi) is 4.16. The first kappa shape index (κ1) is 14.4. The van der Waals surface area contributed by atoms with Gasteiger partial charge in [-0.3, -0.25) is 4.79 Å². The Hall–Kier alpha value is -1.06. The smallest absolute Gasteiger partial charge is 0.329 e. The Balaban J connectivity index is 1.85. The number of carbonyl (C=O) groups excluding carboxylic acids is 2. The summed E-state index contributed by atoms with van der Waals surface area (Å²) in [7, 11) is 0. The third-order valence-electron chi connectivity index (χ3n) is 4.66. The van der Waals surface area contributed by atoms with Crippen LogP contribution in [0, 0.1) is 11.8 Å². The van der Waals surface area contributed by atoms with E-state index in [1.54, 1.807) is 0 Å². The number of carbonyl (C=O) groups is 2. The van der Waals surface area contributed by atoms with Gasteiger partial charge in [0.1, 0.15) is 11.6 Å². The highest BCUT2D eigenvalue weighted by atomic mass is 16.6. The number of amides is 1. The normalized spacial score (nSPS) is 35.3. The van der Waals surface area contributed by atoms with Crippen molar-refractivity contribution in [3.05, 3.63) is 0 Å². The topological polar surface area (TPSA) is 55.4 Å². The summed E-state index contributed by atoms with van der Waals surface area (Å²) in [6, 6.07) is -0.424. The van der Waals surface area contributed by atoms with Crippen LogP contribution in [0.4, 0.5) is 0 Å². The van der Waals surface area contributed by atoms with Crippen molar-refractivity contribution in [2.24, 2.45) is 11.8 Å². The molecule has 4 nitrogen and oxygen atoms in total. The van der Waals surface area contributed by atoms with Crippen molar-refractivity contribution in [2.75, 3.05) is 0 Å². The van der Waals surface area contributed by atoms with Gasteiger partial charge in [-0.2, -0.15) is 0 Å². The zero-order chi connectivity index (χ0) is 14.0. The number of ether oxygens (including phenoxy) is 1. The van der Waals surface area contributed by atoms with E-state index in [1.165, 1.54) is 0 Å². The van der Waals surface area contributed by atoms with Gasteiger partial charge in [0, 0.05) is 6.42 Å². The first-order valence-corrected chi connectivity index (χ1v) is 7.42. The molecular weight excluding hydrogens is 242 g/mol. The molecule has 0 unspecified atom stereocenters. The van der Waals surface area contributed by atoms with Crippen molar-refractivity contribution >= 4 is 11.9 Å². The maximum atomic E-state index is 12.0. The SMILES string of the molecule is CC(C)C1CCC(C)(OC(=O)[C@@H]2CCC(=O)N2)CC1. The highest BCUT2D eigenvalue weighted by Gasteiger charge is 2.38. The van der Waals surface area contributed by atoms with Gasteiger partial charge in [0.2, 0.25) is 5.91 Å². The lowest BCUT2D eigenvalue weighted by molar-refractivity contribution is -0.165. The molecule has 0 aromatic heterocycles. The van der Waals surface area contributed by atoms with E-state index in [0.29, 0.717) is 18.8 Å². The number of rotatable bonds is 3. The van der Waals surface area contributed by atoms with Gasteiger partial charge in [-0.1, -0.05) is 13.8 Å². The monoisotopic (exact) mass is 267 g/mol. The van der Waals surface area contributed by atoms with Crippen molar-refractivity contribution in [1.29, 1.82) is 0 Å². The summed E-state index contributed by atoms with van der Waals surface area (Å²) < 4.78 is 5.69. The van der Waals surface area contributed by atoms with E-state index in [0.717, 1.165) is 31.6 Å². The fraction of sp³-hybridized carbons (Fsp3) is 0.867. The molecule has 0 spiro atoms. The highest BCUT2D eigenvalue weighted by Crippen LogP contribution is 2.38. The maximum absolute atomic E-state index is 12.0. The summed E-state index contributed by atoms with van der Waals surface area (Å²) in [5.41, 5.74) is -0.338. The van der Waals surface area contributed by atoms with Gasteiger partial charge in [0.15, 0.2) is 0 Å². The van der Waals surface area contributed by atoms with E-state index in [1.807, 2.05) is 6.92 Å². The van der Waals surface area contributed by atoms with Crippen LogP contribution in [-0.2, 0) is 14.3 Å². The molecule has 1 aliphatic carbocycles. The summed E-state index contributed by atoms with van der Waals surface area (Å²) in [5.74, 6) is 1.15. The fourth-order valence-corrected chi connectivity index (χ4v) is 3.12. The van der Waals surface area contributed by atoms with E-state index in [-0.39, 0.29) is 17.5 Å². The Morgan fingerprint density at radius 1 is 1.32 bits per heavy atom. The Morgan fingerprint density at radius 2 is 1.95 bits per heavy atom. The van der Waals surface area contributed by atoms with Crippen LogP contribution in [0.3, 0.4) is 0 Å². The molecule has 0 aromatic rings. The van der Waals surface area contributed by atoms with Crippen molar-refractivity contribution in [1.82, 2.24) is 5.32 Å². The van der Waals surface area contributed by atoms with E-state index in [4.69, 9.17) is 4.74 Å². The van der Waals surface area contributed by atoms with E-state index >= 15 is 0 Å². The molecule has 1 saturated carbocycles. The minimum Gasteiger partial charge on any atom is -0.458 e. The standard InChI is InChI=1S/C15H25NO3/c1-10(2)11-6-8-15(3,9-7-11)19-14(18)12-4-5-13(17)16-12/h10-12H,4-9H2,1-3H3,(H,16,17)/t11?,12-,15?/m0/s1. The zero-order valence-electron chi connectivity index (χ0n) is 12.2. The molecule has 0 bridgehead atoms. The second-order valence-electron chi connectivity index (χ2n) is 6.61. The van der Waals surface area contributed by atoms with Gasteiger partial charge >= 0.3 is 5.97 Å². The van der Waals surface area contributed by atoms with Crippen molar-refractivity contribution in [3.63, 3.8) is 0 Å². The largest absolute Gasteiger partial charge is 0.458 e. The lowest BCUT2D eigenvalue weighted by Crippen LogP contribution is -2.43. The predicted molar refractivity (Wildman–Crippen MR) is 72.5 cm³/mol. The van der Waals surface area contributed by atoms with Crippen LogP contribution < -0.4 is 5.32 Å². The Bertz CT molecular complexity index is 356. The second kappa shape index (κ2) is 5.51. The zero-order valence-corrected chi connectivity index (χ0v) is 12.2. The fourth-order valence-electron chi connectivity index (χ4n) is 3.12. The Morgan fingerprint density at radius 3 is 2.42 bits per heavy atom. The van der Waals surface area contributed by atoms with Crippen LogP contribution >= 0.6 is 0 Å². The molecule has 1 atom stereocenters. The Labute approximate surface area is 115 Å². The number of esters is 1. The van der Waals surface area contributed by atoms with Crippen LogP contribution in [0.5, 0.6) is 0 Å². The molecule has 1 saturated heterocycles. The van der Waals surface area contributed by atoms with E-state index in [2.05, 4.69) is 19.2 Å². The van der Waals surface area contributed by atoms with Gasteiger partial charge in [-0.25, -0.2) is 4.79 Å². The average molecular weight is 267 g/mol. The van der Waals surface area contributed by atoms with Crippen LogP contribution in [0.1, 0.15) is 59.3 Å². The van der Waals surface area contributed by atoms with Gasteiger partial charge in [-0.05, 0) is 50.9 Å². The minimum absolute atomic E-state index is 0.0457. The van der Waals surface area contributed by atoms with Crippen LogP contribution in [0.15, 0.2) is 0 Å². The molecular formula is C15H25NO3. The third kappa shape index (κ3) is 3.48. The molecule has 2 rings (SSSR count). The highest BCUT2D eigenvalue weighted by molar-refractivity contribution is 5.88. The predicted octanol–water partition coefficient (Wildman–Crippen LogP) is 2.41. The summed E-state index contributed by atoms with van der Waals surface area (Å²) in [6.07, 6.45) is 5.12. The number of hydrogen-bond donors (Lipinski definition) is 1. The molecule has 2 fully saturated rings. The van der Waals surface area contributed by atoms with Crippen LogP contribution in [0.2, 0.25) is 0 Å². The molecule has 108 valence electrons. The number of nitrogens with one attached hydrogen (secondary N) is 1. The lowest BCUT2D eigenvalue weighted by Gasteiger charge is -2.38. The van der Waals surface area contributed by atoms with Gasteiger partial charge in [0.05, 0.1) is 0 Å². The lowest BCUT2D eigenvalue weighted by atomic mass is 9.75. The maximum Gasteiger partial charge on any atom is 0.329 e. The van der Waals surface area contributed by atoms with Crippen molar-refractivity contribution in [3.8, 4) is 0 Å². The molecule has 0 aromatic carbocycles. The molecule has 2 aliphatic rings. The van der Waals surface area contributed by atoms with Crippen LogP contribution in [-0.4, -0.2) is 23.5 Å². The molecule has 1 N–H and O–H groups in total.